The van der Waals surface area contributed by atoms with E-state index in [2.05, 4.69) is 0 Å². The van der Waals surface area contributed by atoms with Crippen molar-refractivity contribution in [2.45, 2.75) is 35.6 Å². The summed E-state index contributed by atoms with van der Waals surface area (Å²) in [7, 11) is 0. The topological polar surface area (TPSA) is 20.3 Å². The fourth-order valence-corrected chi connectivity index (χ4v) is 5.30. The van der Waals surface area contributed by atoms with Crippen molar-refractivity contribution in [1.82, 2.24) is 0 Å². The van der Waals surface area contributed by atoms with Gasteiger partial charge in [0.15, 0.2) is 5.92 Å². The van der Waals surface area contributed by atoms with Crippen molar-refractivity contribution in [3.05, 3.63) is 95.6 Å². The second kappa shape index (κ2) is 9.37. The lowest BCUT2D eigenvalue weighted by atomic mass is 9.96. The van der Waals surface area contributed by atoms with Crippen LogP contribution in [0.4, 0.5) is 32.0 Å². The molecule has 1 aliphatic heterocycles. The van der Waals surface area contributed by atoms with E-state index >= 15 is 0 Å². The van der Waals surface area contributed by atoms with Gasteiger partial charge in [0.25, 0.3) is 0 Å². The average Bonchev–Trinajstić information content (AvgIpc) is 2.77. The number of benzene rings is 3. The molecule has 3 aromatic carbocycles. The number of fused-ring (bicyclic) bond motifs is 1. The van der Waals surface area contributed by atoms with Gasteiger partial charge in [-0.25, -0.2) is 0 Å². The van der Waals surface area contributed by atoms with Gasteiger partial charge in [0, 0.05) is 10.6 Å². The smallest absolute Gasteiger partial charge is 0.303 e. The van der Waals surface area contributed by atoms with Crippen molar-refractivity contribution in [3.63, 3.8) is 0 Å². The molecule has 4 rings (SSSR count). The predicted octanol–water partition coefficient (Wildman–Crippen LogP) is 7.32. The number of hydrogen-bond donors (Lipinski definition) is 0. The molecule has 1 aliphatic rings. The highest BCUT2D eigenvalue weighted by Gasteiger charge is 2.57. The highest BCUT2D eigenvalue weighted by Crippen LogP contribution is 2.50. The van der Waals surface area contributed by atoms with E-state index in [0.29, 0.717) is 11.4 Å². The van der Waals surface area contributed by atoms with Crippen molar-refractivity contribution in [1.29, 1.82) is 0 Å². The zero-order valence-corrected chi connectivity index (χ0v) is 18.4. The first-order chi connectivity index (χ1) is 16.1. The lowest BCUT2D eigenvalue weighted by Crippen LogP contribution is -2.40. The molecule has 1 amide bonds. The number of anilines is 1. The van der Waals surface area contributed by atoms with Crippen LogP contribution < -0.4 is 4.90 Å². The Morgan fingerprint density at radius 1 is 0.882 bits per heavy atom. The van der Waals surface area contributed by atoms with Crippen LogP contribution in [0, 0.1) is 0 Å². The molecule has 0 radical (unpaired) electrons. The summed E-state index contributed by atoms with van der Waals surface area (Å²) in [6.07, 6.45) is -10.9. The van der Waals surface area contributed by atoms with Gasteiger partial charge in [0.2, 0.25) is 5.91 Å². The lowest BCUT2D eigenvalue weighted by molar-refractivity contribution is -0.253. The van der Waals surface area contributed by atoms with Gasteiger partial charge in [-0.3, -0.25) is 4.79 Å². The molecule has 2 nitrogen and oxygen atoms in total. The van der Waals surface area contributed by atoms with Crippen LogP contribution in [-0.4, -0.2) is 24.0 Å². The van der Waals surface area contributed by atoms with Crippen LogP contribution in [0.2, 0.25) is 0 Å². The molecule has 1 unspecified atom stereocenters. The molecule has 34 heavy (non-hydrogen) atoms. The number of nitrogens with zero attached hydrogens (tertiary/aromatic N) is 1. The molecule has 0 saturated carbocycles. The van der Waals surface area contributed by atoms with Gasteiger partial charge in [-0.05, 0) is 28.8 Å². The van der Waals surface area contributed by atoms with Crippen LogP contribution in [0.3, 0.4) is 0 Å². The fraction of sp³-hybridized carbons (Fsp3) is 0.240. The summed E-state index contributed by atoms with van der Waals surface area (Å²) in [5.74, 6) is -3.59. The van der Waals surface area contributed by atoms with Gasteiger partial charge in [0.05, 0.1) is 18.2 Å². The van der Waals surface area contributed by atoms with Gasteiger partial charge < -0.3 is 4.90 Å². The lowest BCUT2D eigenvalue weighted by Gasteiger charge is -2.38. The minimum atomic E-state index is -5.48. The SMILES string of the molecule is O=C(Cc1ccccc1)N1c2ccc(C(C(F)(F)F)C(F)(F)F)cc2SCC1c1ccccc1. The summed E-state index contributed by atoms with van der Waals surface area (Å²) in [4.78, 5) is 15.1. The highest BCUT2D eigenvalue weighted by atomic mass is 32.2. The number of carbonyl (C=O) groups excluding carboxylic acids is 1. The Hall–Kier alpha value is -2.94. The third-order valence-corrected chi connectivity index (χ3v) is 6.71. The van der Waals surface area contributed by atoms with Crippen molar-refractivity contribution in [3.8, 4) is 0 Å². The summed E-state index contributed by atoms with van der Waals surface area (Å²) in [6, 6.07) is 20.6. The average molecular weight is 495 g/mol. The van der Waals surface area contributed by atoms with Crippen LogP contribution in [0.15, 0.2) is 83.8 Å². The second-order valence-electron chi connectivity index (χ2n) is 7.91. The maximum atomic E-state index is 13.4. The molecule has 0 saturated heterocycles. The standard InChI is InChI=1S/C25H19F6NOS/c26-24(27,28)23(25(29,30)31)18-11-12-19-21(14-18)34-15-20(17-9-5-2-6-10-17)32(19)22(33)13-16-7-3-1-4-8-16/h1-12,14,20,23H,13,15H2. The minimum absolute atomic E-state index is 0.0454. The fourth-order valence-electron chi connectivity index (χ4n) is 4.08. The maximum Gasteiger partial charge on any atom is 0.404 e. The summed E-state index contributed by atoms with van der Waals surface area (Å²) < 4.78 is 79.6. The third-order valence-electron chi connectivity index (χ3n) is 5.59. The Balaban J connectivity index is 1.76. The van der Waals surface area contributed by atoms with E-state index in [-0.39, 0.29) is 17.2 Å². The molecular weight excluding hydrogens is 476 g/mol. The van der Waals surface area contributed by atoms with E-state index in [0.717, 1.165) is 35.0 Å². The molecule has 0 N–H and O–H groups in total. The molecule has 1 atom stereocenters. The van der Waals surface area contributed by atoms with Crippen molar-refractivity contribution in [2.75, 3.05) is 10.7 Å². The van der Waals surface area contributed by atoms with Crippen LogP contribution >= 0.6 is 11.8 Å². The Morgan fingerprint density at radius 3 is 2.06 bits per heavy atom. The quantitative estimate of drug-likeness (QED) is 0.354. The first kappa shape index (κ1) is 24.2. The first-order valence-corrected chi connectivity index (χ1v) is 11.4. The molecule has 0 aliphatic carbocycles. The summed E-state index contributed by atoms with van der Waals surface area (Å²) in [5, 5.41) is 0. The molecule has 0 fully saturated rings. The number of thioether (sulfide) groups is 1. The molecule has 9 heteroatoms. The normalized spacial score (nSPS) is 16.4. The highest BCUT2D eigenvalue weighted by molar-refractivity contribution is 7.99. The van der Waals surface area contributed by atoms with Crippen LogP contribution in [0.25, 0.3) is 0 Å². The zero-order valence-electron chi connectivity index (χ0n) is 17.6. The third kappa shape index (κ3) is 5.09. The number of rotatable bonds is 4. The molecular formula is C25H19F6NOS. The Labute approximate surface area is 196 Å². The van der Waals surface area contributed by atoms with Crippen molar-refractivity contribution in [2.24, 2.45) is 0 Å². The van der Waals surface area contributed by atoms with Crippen LogP contribution in [-0.2, 0) is 11.2 Å². The van der Waals surface area contributed by atoms with E-state index in [1.54, 1.807) is 24.3 Å². The molecule has 0 bridgehead atoms. The van der Waals surface area contributed by atoms with Crippen LogP contribution in [0.1, 0.15) is 28.7 Å². The molecule has 3 aromatic rings. The largest absolute Gasteiger partial charge is 0.404 e. The number of hydrogen-bond acceptors (Lipinski definition) is 2. The number of amides is 1. The number of alkyl halides is 6. The van der Waals surface area contributed by atoms with E-state index in [9.17, 15) is 31.1 Å². The second-order valence-corrected chi connectivity index (χ2v) is 8.97. The molecule has 0 aromatic heterocycles. The van der Waals surface area contributed by atoms with Crippen LogP contribution in [0.5, 0.6) is 0 Å². The monoisotopic (exact) mass is 495 g/mol. The van der Waals surface area contributed by atoms with Gasteiger partial charge in [-0.2, -0.15) is 26.3 Å². The van der Waals surface area contributed by atoms with E-state index in [1.165, 1.54) is 11.0 Å². The van der Waals surface area contributed by atoms with Gasteiger partial charge >= 0.3 is 12.4 Å². The zero-order chi connectivity index (χ0) is 24.5. The summed E-state index contributed by atoms with van der Waals surface area (Å²) in [6.45, 7) is 0. The number of carbonyl (C=O) groups is 1. The maximum absolute atomic E-state index is 13.4. The van der Waals surface area contributed by atoms with E-state index in [1.807, 2.05) is 36.4 Å². The molecule has 0 spiro atoms. The van der Waals surface area contributed by atoms with Gasteiger partial charge in [-0.15, -0.1) is 11.8 Å². The Kier molecular flexibility index (Phi) is 6.66. The summed E-state index contributed by atoms with van der Waals surface area (Å²) >= 11 is 1.14. The number of halogens is 6. The predicted molar refractivity (Wildman–Crippen MR) is 119 cm³/mol. The van der Waals surface area contributed by atoms with Crippen molar-refractivity contribution >= 4 is 23.4 Å². The first-order valence-electron chi connectivity index (χ1n) is 10.4. The Bertz CT molecular complexity index is 1130. The minimum Gasteiger partial charge on any atom is -0.303 e. The Morgan fingerprint density at radius 2 is 1.47 bits per heavy atom. The molecule has 178 valence electrons. The van der Waals surface area contributed by atoms with Gasteiger partial charge in [0.1, 0.15) is 0 Å². The van der Waals surface area contributed by atoms with Gasteiger partial charge in [-0.1, -0.05) is 66.7 Å². The van der Waals surface area contributed by atoms with E-state index < -0.39 is 29.9 Å². The van der Waals surface area contributed by atoms with E-state index in [4.69, 9.17) is 0 Å². The molecule has 1 heterocycles. The summed E-state index contributed by atoms with van der Waals surface area (Å²) in [5.41, 5.74) is 0.997. The van der Waals surface area contributed by atoms with Crippen molar-refractivity contribution < 1.29 is 31.1 Å².